The van der Waals surface area contributed by atoms with E-state index in [0.29, 0.717) is 31.0 Å². The average molecular weight is 398 g/mol. The highest BCUT2D eigenvalue weighted by Gasteiger charge is 2.33. The number of fused-ring (bicyclic) bond motifs is 1. The predicted octanol–water partition coefficient (Wildman–Crippen LogP) is 2.36. The Morgan fingerprint density at radius 3 is 2.75 bits per heavy atom. The molecule has 1 atom stereocenters. The van der Waals surface area contributed by atoms with E-state index in [1.165, 1.54) is 17.3 Å². The lowest BCUT2D eigenvalue weighted by molar-refractivity contribution is -0.119. The summed E-state index contributed by atoms with van der Waals surface area (Å²) < 4.78 is 5.37. The van der Waals surface area contributed by atoms with Crippen LogP contribution in [0, 0.1) is 0 Å². The van der Waals surface area contributed by atoms with Crippen LogP contribution >= 0.6 is 11.8 Å². The minimum atomic E-state index is -0.248. The number of anilines is 1. The molecule has 7 heteroatoms. The summed E-state index contributed by atoms with van der Waals surface area (Å²) in [6, 6.07) is 15.5. The fourth-order valence-corrected chi connectivity index (χ4v) is 4.51. The minimum absolute atomic E-state index is 0.0407. The molecule has 2 N–H and O–H groups in total. The molecule has 0 saturated carbocycles. The van der Waals surface area contributed by atoms with Crippen LogP contribution in [0.4, 0.5) is 5.69 Å². The second kappa shape index (κ2) is 8.77. The first kappa shape index (κ1) is 19.0. The quantitative estimate of drug-likeness (QED) is 0.811. The Labute approximate surface area is 168 Å². The van der Waals surface area contributed by atoms with E-state index >= 15 is 0 Å². The summed E-state index contributed by atoms with van der Waals surface area (Å²) in [5, 5.41) is 5.66. The summed E-state index contributed by atoms with van der Waals surface area (Å²) >= 11 is 1.53. The molecule has 2 heterocycles. The number of thioether (sulfide) groups is 1. The molecular weight excluding hydrogens is 374 g/mol. The predicted molar refractivity (Wildman–Crippen MR) is 110 cm³/mol. The van der Waals surface area contributed by atoms with Crippen LogP contribution < -0.4 is 10.6 Å². The van der Waals surface area contributed by atoms with Crippen LogP contribution in [-0.2, 0) is 16.0 Å². The number of morpholine rings is 1. The molecule has 0 aliphatic carbocycles. The summed E-state index contributed by atoms with van der Waals surface area (Å²) in [4.78, 5) is 28.1. The molecule has 2 aliphatic rings. The van der Waals surface area contributed by atoms with Crippen LogP contribution in [-0.4, -0.2) is 54.9 Å². The molecule has 6 nitrogen and oxygen atoms in total. The van der Waals surface area contributed by atoms with E-state index in [2.05, 4.69) is 15.5 Å². The van der Waals surface area contributed by atoms with E-state index < -0.39 is 0 Å². The number of rotatable bonds is 5. The molecule has 4 rings (SSSR count). The van der Waals surface area contributed by atoms with Crippen LogP contribution in [0.15, 0.2) is 53.4 Å². The van der Waals surface area contributed by atoms with Crippen molar-refractivity contribution < 1.29 is 14.3 Å². The zero-order valence-corrected chi connectivity index (χ0v) is 16.3. The molecule has 0 spiro atoms. The Morgan fingerprint density at radius 2 is 1.96 bits per heavy atom. The van der Waals surface area contributed by atoms with E-state index in [1.54, 1.807) is 6.07 Å². The van der Waals surface area contributed by atoms with Gasteiger partial charge in [-0.3, -0.25) is 14.5 Å². The number of ether oxygens (including phenoxy) is 1. The Kier molecular flexibility index (Phi) is 5.95. The SMILES string of the molecule is O=C(NCCc1ccccc1)c1ccc2c(c1)NC(=O)[C@H](N1CCOCC1)S2. The van der Waals surface area contributed by atoms with Crippen molar-refractivity contribution in [2.24, 2.45) is 0 Å². The smallest absolute Gasteiger partial charge is 0.252 e. The molecule has 0 aromatic heterocycles. The molecule has 0 bridgehead atoms. The van der Waals surface area contributed by atoms with Crippen molar-refractivity contribution in [1.29, 1.82) is 0 Å². The zero-order valence-electron chi connectivity index (χ0n) is 15.5. The topological polar surface area (TPSA) is 70.7 Å². The number of nitrogens with one attached hydrogen (secondary N) is 2. The number of carbonyl (C=O) groups excluding carboxylic acids is 2. The summed E-state index contributed by atoms with van der Waals surface area (Å²) in [5.41, 5.74) is 2.44. The highest BCUT2D eigenvalue weighted by Crippen LogP contribution is 2.37. The number of hydrogen-bond donors (Lipinski definition) is 2. The van der Waals surface area contributed by atoms with E-state index in [4.69, 9.17) is 4.74 Å². The number of nitrogens with zero attached hydrogens (tertiary/aromatic N) is 1. The van der Waals surface area contributed by atoms with Crippen molar-refractivity contribution in [3.63, 3.8) is 0 Å². The molecule has 2 aliphatic heterocycles. The van der Waals surface area contributed by atoms with Crippen molar-refractivity contribution in [2.75, 3.05) is 38.2 Å². The number of hydrogen-bond acceptors (Lipinski definition) is 5. The van der Waals surface area contributed by atoms with Gasteiger partial charge in [0.25, 0.3) is 11.8 Å². The van der Waals surface area contributed by atoms with Crippen LogP contribution in [0.3, 0.4) is 0 Å². The molecule has 1 saturated heterocycles. The highest BCUT2D eigenvalue weighted by molar-refractivity contribution is 8.00. The zero-order chi connectivity index (χ0) is 19.3. The van der Waals surface area contributed by atoms with Crippen molar-refractivity contribution >= 4 is 29.3 Å². The van der Waals surface area contributed by atoms with Gasteiger partial charge in [-0.25, -0.2) is 0 Å². The van der Waals surface area contributed by atoms with Crippen LogP contribution in [0.25, 0.3) is 0 Å². The largest absolute Gasteiger partial charge is 0.379 e. The van der Waals surface area contributed by atoms with Gasteiger partial charge in [0.05, 0.1) is 18.9 Å². The van der Waals surface area contributed by atoms with Gasteiger partial charge in [-0.05, 0) is 30.2 Å². The van der Waals surface area contributed by atoms with E-state index in [1.807, 2.05) is 42.5 Å². The lowest BCUT2D eigenvalue weighted by atomic mass is 10.1. The van der Waals surface area contributed by atoms with Crippen molar-refractivity contribution in [3.05, 3.63) is 59.7 Å². The fraction of sp³-hybridized carbons (Fsp3) is 0.333. The normalized spacial score (nSPS) is 19.6. The molecule has 0 radical (unpaired) electrons. The maximum Gasteiger partial charge on any atom is 0.252 e. The highest BCUT2D eigenvalue weighted by atomic mass is 32.2. The Balaban J connectivity index is 1.38. The fourth-order valence-electron chi connectivity index (χ4n) is 3.36. The van der Waals surface area contributed by atoms with Gasteiger partial charge >= 0.3 is 0 Å². The van der Waals surface area contributed by atoms with Crippen LogP contribution in [0.2, 0.25) is 0 Å². The third-order valence-electron chi connectivity index (χ3n) is 4.88. The molecule has 1 fully saturated rings. The first-order valence-electron chi connectivity index (χ1n) is 9.46. The van der Waals surface area contributed by atoms with E-state index in [0.717, 1.165) is 24.4 Å². The first-order valence-corrected chi connectivity index (χ1v) is 10.3. The third kappa shape index (κ3) is 4.38. The summed E-state index contributed by atoms with van der Waals surface area (Å²) in [5.74, 6) is -0.172. The van der Waals surface area contributed by atoms with Crippen molar-refractivity contribution in [3.8, 4) is 0 Å². The second-order valence-electron chi connectivity index (χ2n) is 6.81. The number of carbonyl (C=O) groups is 2. The standard InChI is InChI=1S/C21H23N3O3S/c25-19(22-9-8-15-4-2-1-3-5-15)16-6-7-18-17(14-16)23-20(26)21(28-18)24-10-12-27-13-11-24/h1-7,14,21H,8-13H2,(H,22,25)(H,23,26)/t21-/m1/s1. The van der Waals surface area contributed by atoms with Crippen LogP contribution in [0.5, 0.6) is 0 Å². The van der Waals surface area contributed by atoms with E-state index in [-0.39, 0.29) is 17.2 Å². The third-order valence-corrected chi connectivity index (χ3v) is 6.23. The van der Waals surface area contributed by atoms with Gasteiger partial charge in [0.15, 0.2) is 0 Å². The maximum absolute atomic E-state index is 12.6. The Hall–Kier alpha value is -2.35. The van der Waals surface area contributed by atoms with Gasteiger partial charge < -0.3 is 15.4 Å². The average Bonchev–Trinajstić information content (AvgIpc) is 2.74. The van der Waals surface area contributed by atoms with Crippen LogP contribution in [0.1, 0.15) is 15.9 Å². The molecule has 28 heavy (non-hydrogen) atoms. The van der Waals surface area contributed by atoms with Gasteiger partial charge in [0.1, 0.15) is 5.37 Å². The molecule has 0 unspecified atom stereocenters. The van der Waals surface area contributed by atoms with Gasteiger partial charge in [-0.15, -0.1) is 0 Å². The maximum atomic E-state index is 12.6. The second-order valence-corrected chi connectivity index (χ2v) is 7.93. The number of benzene rings is 2. The summed E-state index contributed by atoms with van der Waals surface area (Å²) in [7, 11) is 0. The Morgan fingerprint density at radius 1 is 1.18 bits per heavy atom. The number of amides is 2. The Bertz CT molecular complexity index is 853. The lowest BCUT2D eigenvalue weighted by Crippen LogP contribution is -2.48. The first-order chi connectivity index (χ1) is 13.7. The molecule has 2 amide bonds. The van der Waals surface area contributed by atoms with Crippen molar-refractivity contribution in [1.82, 2.24) is 10.2 Å². The summed E-state index contributed by atoms with van der Waals surface area (Å²) in [6.45, 7) is 3.38. The van der Waals surface area contributed by atoms with Gasteiger partial charge in [0.2, 0.25) is 0 Å². The molecule has 2 aromatic carbocycles. The monoisotopic (exact) mass is 397 g/mol. The van der Waals surface area contributed by atoms with Gasteiger partial charge in [0, 0.05) is 30.1 Å². The minimum Gasteiger partial charge on any atom is -0.379 e. The molecular formula is C21H23N3O3S. The molecule has 146 valence electrons. The molecule has 2 aromatic rings. The van der Waals surface area contributed by atoms with E-state index in [9.17, 15) is 9.59 Å². The summed E-state index contributed by atoms with van der Waals surface area (Å²) in [6.07, 6.45) is 0.783. The van der Waals surface area contributed by atoms with Crippen molar-refractivity contribution in [2.45, 2.75) is 16.7 Å². The van der Waals surface area contributed by atoms with Gasteiger partial charge in [-0.2, -0.15) is 0 Å². The lowest BCUT2D eigenvalue weighted by Gasteiger charge is -2.35. The van der Waals surface area contributed by atoms with Gasteiger partial charge in [-0.1, -0.05) is 42.1 Å².